The Hall–Kier alpha value is -3.11. The molecule has 3 heterocycles. The molecule has 4 rings (SSSR count). The van der Waals surface area contributed by atoms with Crippen molar-refractivity contribution in [2.75, 3.05) is 13.1 Å². The van der Waals surface area contributed by atoms with Crippen LogP contribution in [0.5, 0.6) is 0 Å². The van der Waals surface area contributed by atoms with Crippen LogP contribution < -0.4 is 5.32 Å². The predicted octanol–water partition coefficient (Wildman–Crippen LogP) is 4.15. The van der Waals surface area contributed by atoms with E-state index in [0.717, 1.165) is 20.5 Å². The standard InChI is InChI=1S/C26H27BrN4O4S/c1-26(2,3)21-9-8-20(36-21)23(32)30-19(24(33)31-13-17(14-31)25(34)35)10-15-4-6-16(7-5-15)22-28-11-18(27)12-29-22/h4-9,11-12,17,19H,10,13-14H2,1-3H3,(H,30,32)(H,34,35)/t19-/m0/s1. The Labute approximate surface area is 221 Å². The maximum absolute atomic E-state index is 13.2. The van der Waals surface area contributed by atoms with Gasteiger partial charge >= 0.3 is 5.97 Å². The molecule has 10 heteroatoms. The zero-order valence-electron chi connectivity index (χ0n) is 20.2. The van der Waals surface area contributed by atoms with Gasteiger partial charge in [-0.2, -0.15) is 0 Å². The molecular formula is C26H27BrN4O4S. The normalized spacial score (nSPS) is 14.7. The van der Waals surface area contributed by atoms with Crippen LogP contribution in [0.3, 0.4) is 0 Å². The molecule has 1 aromatic carbocycles. The van der Waals surface area contributed by atoms with Crippen molar-refractivity contribution in [2.24, 2.45) is 5.92 Å². The van der Waals surface area contributed by atoms with E-state index >= 15 is 0 Å². The molecular weight excluding hydrogens is 544 g/mol. The molecule has 1 aliphatic rings. The average Bonchev–Trinajstić information content (AvgIpc) is 3.30. The summed E-state index contributed by atoms with van der Waals surface area (Å²) in [7, 11) is 0. The molecule has 1 saturated heterocycles. The van der Waals surface area contributed by atoms with Crippen LogP contribution in [0, 0.1) is 5.92 Å². The molecule has 0 bridgehead atoms. The summed E-state index contributed by atoms with van der Waals surface area (Å²) < 4.78 is 0.788. The molecule has 1 fully saturated rings. The van der Waals surface area contributed by atoms with Gasteiger partial charge in [-0.15, -0.1) is 11.3 Å². The van der Waals surface area contributed by atoms with Crippen LogP contribution in [0.25, 0.3) is 11.4 Å². The van der Waals surface area contributed by atoms with Crippen molar-refractivity contribution in [3.05, 3.63) is 68.6 Å². The number of likely N-dealkylation sites (tertiary alicyclic amines) is 1. The predicted molar refractivity (Wildman–Crippen MR) is 141 cm³/mol. The van der Waals surface area contributed by atoms with E-state index in [0.29, 0.717) is 10.7 Å². The largest absolute Gasteiger partial charge is 0.481 e. The zero-order valence-corrected chi connectivity index (χ0v) is 22.6. The average molecular weight is 571 g/mol. The molecule has 0 radical (unpaired) electrons. The Morgan fingerprint density at radius 3 is 2.31 bits per heavy atom. The van der Waals surface area contributed by atoms with Gasteiger partial charge in [0.05, 0.1) is 15.3 Å². The lowest BCUT2D eigenvalue weighted by Gasteiger charge is -2.38. The number of amides is 2. The number of benzene rings is 1. The summed E-state index contributed by atoms with van der Waals surface area (Å²) in [6.45, 7) is 6.54. The number of hydrogen-bond donors (Lipinski definition) is 2. The lowest BCUT2D eigenvalue weighted by molar-refractivity contribution is -0.153. The second-order valence-electron chi connectivity index (χ2n) is 9.84. The van der Waals surface area contributed by atoms with E-state index in [1.807, 2.05) is 30.3 Å². The van der Waals surface area contributed by atoms with Gasteiger partial charge in [-0.1, -0.05) is 45.0 Å². The molecule has 0 spiro atoms. The van der Waals surface area contributed by atoms with Gasteiger partial charge in [-0.05, 0) is 39.0 Å². The van der Waals surface area contributed by atoms with Crippen molar-refractivity contribution in [3.63, 3.8) is 0 Å². The molecule has 2 N–H and O–H groups in total. The first kappa shape index (κ1) is 26.0. The second kappa shape index (κ2) is 10.5. The smallest absolute Gasteiger partial charge is 0.310 e. The van der Waals surface area contributed by atoms with Crippen LogP contribution in [-0.2, 0) is 21.4 Å². The molecule has 36 heavy (non-hydrogen) atoms. The molecule has 0 aliphatic carbocycles. The molecule has 0 unspecified atom stereocenters. The monoisotopic (exact) mass is 570 g/mol. The number of carbonyl (C=O) groups excluding carboxylic acids is 2. The Bertz CT molecular complexity index is 1260. The number of halogens is 1. The minimum atomic E-state index is -0.918. The molecule has 0 saturated carbocycles. The van der Waals surface area contributed by atoms with Gasteiger partial charge in [0.1, 0.15) is 6.04 Å². The van der Waals surface area contributed by atoms with Crippen molar-refractivity contribution in [1.82, 2.24) is 20.2 Å². The van der Waals surface area contributed by atoms with E-state index in [4.69, 9.17) is 0 Å². The highest BCUT2D eigenvalue weighted by Crippen LogP contribution is 2.29. The molecule has 8 nitrogen and oxygen atoms in total. The fourth-order valence-corrected chi connectivity index (χ4v) is 4.99. The zero-order chi connectivity index (χ0) is 26.0. The van der Waals surface area contributed by atoms with Gasteiger partial charge in [-0.25, -0.2) is 9.97 Å². The first-order valence-electron chi connectivity index (χ1n) is 11.5. The molecule has 2 aromatic heterocycles. The third-order valence-corrected chi connectivity index (χ3v) is 7.91. The van der Waals surface area contributed by atoms with Gasteiger partial charge in [-0.3, -0.25) is 14.4 Å². The van der Waals surface area contributed by atoms with Gasteiger partial charge in [0.2, 0.25) is 5.91 Å². The molecule has 1 atom stereocenters. The maximum atomic E-state index is 13.2. The SMILES string of the molecule is CC(C)(C)c1ccc(C(=O)N[C@@H](Cc2ccc(-c3ncc(Br)cn3)cc2)C(=O)N2CC(C(=O)O)C2)s1. The van der Waals surface area contributed by atoms with Crippen LogP contribution in [-0.4, -0.2) is 56.9 Å². The fourth-order valence-electron chi connectivity index (χ4n) is 3.81. The van der Waals surface area contributed by atoms with Crippen molar-refractivity contribution in [1.29, 1.82) is 0 Å². The molecule has 188 valence electrons. The van der Waals surface area contributed by atoms with E-state index < -0.39 is 17.9 Å². The summed E-state index contributed by atoms with van der Waals surface area (Å²) in [5.74, 6) is -1.50. The fraction of sp³-hybridized carbons (Fsp3) is 0.346. The van der Waals surface area contributed by atoms with E-state index in [2.05, 4.69) is 52.0 Å². The summed E-state index contributed by atoms with van der Waals surface area (Å²) >= 11 is 4.73. The highest BCUT2D eigenvalue weighted by molar-refractivity contribution is 9.10. The summed E-state index contributed by atoms with van der Waals surface area (Å²) in [6.07, 6.45) is 3.62. The number of carboxylic acids is 1. The third-order valence-electron chi connectivity index (χ3n) is 5.99. The minimum absolute atomic E-state index is 0.0812. The number of thiophene rings is 1. The van der Waals surface area contributed by atoms with E-state index in [-0.39, 0.29) is 36.7 Å². The number of hydrogen-bond acceptors (Lipinski definition) is 6. The topological polar surface area (TPSA) is 112 Å². The van der Waals surface area contributed by atoms with Crippen LogP contribution in [0.1, 0.15) is 40.9 Å². The first-order valence-corrected chi connectivity index (χ1v) is 13.1. The molecule has 1 aliphatic heterocycles. The van der Waals surface area contributed by atoms with Crippen molar-refractivity contribution >= 4 is 45.1 Å². The number of nitrogens with zero attached hydrogens (tertiary/aromatic N) is 3. The highest BCUT2D eigenvalue weighted by atomic mass is 79.9. The van der Waals surface area contributed by atoms with Gasteiger partial charge < -0.3 is 15.3 Å². The van der Waals surface area contributed by atoms with Crippen molar-refractivity contribution < 1.29 is 19.5 Å². The lowest BCUT2D eigenvalue weighted by atomic mass is 9.95. The van der Waals surface area contributed by atoms with Gasteiger partial charge in [0, 0.05) is 42.3 Å². The second-order valence-corrected chi connectivity index (χ2v) is 11.8. The van der Waals surface area contributed by atoms with E-state index in [1.165, 1.54) is 16.2 Å². The lowest BCUT2D eigenvalue weighted by Crippen LogP contribution is -2.59. The van der Waals surface area contributed by atoms with E-state index in [1.54, 1.807) is 18.5 Å². The maximum Gasteiger partial charge on any atom is 0.310 e. The summed E-state index contributed by atoms with van der Waals surface area (Å²) in [6, 6.07) is 10.4. The number of carbonyl (C=O) groups is 3. The number of rotatable bonds is 7. The molecule has 2 amide bonds. The highest BCUT2D eigenvalue weighted by Gasteiger charge is 2.39. The first-order chi connectivity index (χ1) is 17.0. The number of aliphatic carboxylic acids is 1. The third kappa shape index (κ3) is 5.99. The Morgan fingerprint density at radius 1 is 1.11 bits per heavy atom. The summed E-state index contributed by atoms with van der Waals surface area (Å²) in [4.78, 5) is 49.2. The van der Waals surface area contributed by atoms with Crippen LogP contribution in [0.15, 0.2) is 53.3 Å². The Balaban J connectivity index is 1.51. The van der Waals surface area contributed by atoms with Crippen LogP contribution in [0.4, 0.5) is 0 Å². The minimum Gasteiger partial charge on any atom is -0.481 e. The summed E-state index contributed by atoms with van der Waals surface area (Å²) in [5.41, 5.74) is 1.60. The van der Waals surface area contributed by atoms with Gasteiger partial charge in [0.15, 0.2) is 5.82 Å². The molecule has 3 aromatic rings. The van der Waals surface area contributed by atoms with Crippen LogP contribution >= 0.6 is 27.3 Å². The number of aromatic nitrogens is 2. The summed E-state index contributed by atoms with van der Waals surface area (Å²) in [5, 5.41) is 12.1. The number of carboxylic acid groups (broad SMARTS) is 1. The van der Waals surface area contributed by atoms with Gasteiger partial charge in [0.25, 0.3) is 5.91 Å². The van der Waals surface area contributed by atoms with E-state index in [9.17, 15) is 19.5 Å². The Morgan fingerprint density at radius 2 is 1.75 bits per heavy atom. The Kier molecular flexibility index (Phi) is 7.56. The van der Waals surface area contributed by atoms with Crippen LogP contribution in [0.2, 0.25) is 0 Å². The quantitative estimate of drug-likeness (QED) is 0.441. The number of nitrogens with one attached hydrogen (secondary N) is 1. The van der Waals surface area contributed by atoms with Crippen molar-refractivity contribution in [3.8, 4) is 11.4 Å². The van der Waals surface area contributed by atoms with Crippen molar-refractivity contribution in [2.45, 2.75) is 38.6 Å².